The minimum atomic E-state index is -0.145. The second kappa shape index (κ2) is 6.57. The van der Waals surface area contributed by atoms with E-state index >= 15 is 0 Å². The van der Waals surface area contributed by atoms with Gasteiger partial charge in [-0.25, -0.2) is 0 Å². The highest BCUT2D eigenvalue weighted by Crippen LogP contribution is 2.47. The number of nitrogens with one attached hydrogen (secondary N) is 1. The van der Waals surface area contributed by atoms with Crippen molar-refractivity contribution in [3.63, 3.8) is 0 Å². The van der Waals surface area contributed by atoms with Crippen LogP contribution >= 0.6 is 12.4 Å². The molecule has 3 aliphatic rings. The van der Waals surface area contributed by atoms with E-state index in [0.717, 1.165) is 24.3 Å². The quantitative estimate of drug-likeness (QED) is 0.880. The first-order chi connectivity index (χ1) is 10.7. The minimum Gasteiger partial charge on any atom is -0.486 e. The molecular formula is C17H23ClN2O3. The zero-order valence-corrected chi connectivity index (χ0v) is 13.8. The Morgan fingerprint density at radius 2 is 1.96 bits per heavy atom. The smallest absolute Gasteiger partial charge is 0.225 e. The van der Waals surface area contributed by atoms with Crippen LogP contribution in [0.2, 0.25) is 0 Å². The SMILES string of the molecule is Cl.NC1C2CCC(C2)C1C(=O)NCC1COc2ccccc2O1. The summed E-state index contributed by atoms with van der Waals surface area (Å²) in [5.74, 6) is 2.59. The summed E-state index contributed by atoms with van der Waals surface area (Å²) in [6.45, 7) is 0.924. The lowest BCUT2D eigenvalue weighted by Gasteiger charge is -2.29. The van der Waals surface area contributed by atoms with Crippen LogP contribution in [0.3, 0.4) is 0 Å². The van der Waals surface area contributed by atoms with Crippen molar-refractivity contribution in [3.8, 4) is 11.5 Å². The number of amides is 1. The number of hydrogen-bond donors (Lipinski definition) is 2. The summed E-state index contributed by atoms with van der Waals surface area (Å²) >= 11 is 0. The van der Waals surface area contributed by atoms with Gasteiger partial charge < -0.3 is 20.5 Å². The standard InChI is InChI=1S/C17H22N2O3.ClH/c18-16-11-6-5-10(7-11)15(16)17(20)19-8-12-9-21-13-3-1-2-4-14(13)22-12;/h1-4,10-12,15-16H,5-9,18H2,(H,19,20);1H. The van der Waals surface area contributed by atoms with Crippen molar-refractivity contribution in [1.82, 2.24) is 5.32 Å². The summed E-state index contributed by atoms with van der Waals surface area (Å²) in [5, 5.41) is 3.02. The number of para-hydroxylation sites is 2. The molecule has 6 heteroatoms. The second-order valence-electron chi connectivity index (χ2n) is 6.68. The topological polar surface area (TPSA) is 73.6 Å². The van der Waals surface area contributed by atoms with Crippen LogP contribution in [0.4, 0.5) is 0 Å². The van der Waals surface area contributed by atoms with E-state index in [1.165, 1.54) is 6.42 Å². The van der Waals surface area contributed by atoms with Gasteiger partial charge in [-0.1, -0.05) is 12.1 Å². The summed E-state index contributed by atoms with van der Waals surface area (Å²) in [5.41, 5.74) is 6.22. The van der Waals surface area contributed by atoms with E-state index < -0.39 is 0 Å². The lowest BCUT2D eigenvalue weighted by atomic mass is 9.84. The summed E-state index contributed by atoms with van der Waals surface area (Å²) in [6.07, 6.45) is 3.31. The molecule has 2 fully saturated rings. The van der Waals surface area contributed by atoms with Gasteiger partial charge in [0.05, 0.1) is 12.5 Å². The molecule has 2 bridgehead atoms. The van der Waals surface area contributed by atoms with Crippen LogP contribution in [-0.4, -0.2) is 31.2 Å². The molecule has 1 amide bonds. The van der Waals surface area contributed by atoms with Gasteiger partial charge in [-0.05, 0) is 43.2 Å². The number of carbonyl (C=O) groups is 1. The third kappa shape index (κ3) is 3.00. The van der Waals surface area contributed by atoms with Gasteiger partial charge >= 0.3 is 0 Å². The average Bonchev–Trinajstić information content (AvgIpc) is 3.13. The van der Waals surface area contributed by atoms with Crippen molar-refractivity contribution in [2.24, 2.45) is 23.5 Å². The summed E-state index contributed by atoms with van der Waals surface area (Å²) < 4.78 is 11.5. The van der Waals surface area contributed by atoms with Crippen molar-refractivity contribution in [3.05, 3.63) is 24.3 Å². The third-order valence-electron chi connectivity index (χ3n) is 5.35. The fourth-order valence-corrected chi connectivity index (χ4v) is 4.22. The van der Waals surface area contributed by atoms with Crippen LogP contribution in [0.15, 0.2) is 24.3 Å². The molecule has 0 spiro atoms. The molecule has 1 aliphatic heterocycles. The van der Waals surface area contributed by atoms with Gasteiger partial charge in [0.25, 0.3) is 0 Å². The molecule has 5 nitrogen and oxygen atoms in total. The van der Waals surface area contributed by atoms with Crippen molar-refractivity contribution in [2.75, 3.05) is 13.2 Å². The molecule has 0 saturated heterocycles. The van der Waals surface area contributed by atoms with Crippen LogP contribution < -0.4 is 20.5 Å². The highest BCUT2D eigenvalue weighted by atomic mass is 35.5. The zero-order chi connectivity index (χ0) is 15.1. The molecule has 1 aromatic rings. The Kier molecular flexibility index (Phi) is 4.69. The van der Waals surface area contributed by atoms with E-state index in [1.807, 2.05) is 24.3 Å². The van der Waals surface area contributed by atoms with Crippen molar-refractivity contribution < 1.29 is 14.3 Å². The molecule has 126 valence electrons. The highest BCUT2D eigenvalue weighted by Gasteiger charge is 2.49. The highest BCUT2D eigenvalue weighted by molar-refractivity contribution is 5.85. The third-order valence-corrected chi connectivity index (χ3v) is 5.35. The van der Waals surface area contributed by atoms with Crippen molar-refractivity contribution >= 4 is 18.3 Å². The van der Waals surface area contributed by atoms with Crippen LogP contribution in [0.25, 0.3) is 0 Å². The number of rotatable bonds is 3. The maximum absolute atomic E-state index is 12.4. The molecule has 4 rings (SSSR count). The second-order valence-corrected chi connectivity index (χ2v) is 6.68. The van der Waals surface area contributed by atoms with E-state index in [-0.39, 0.29) is 36.4 Å². The number of halogens is 1. The molecule has 2 saturated carbocycles. The van der Waals surface area contributed by atoms with Crippen molar-refractivity contribution in [1.29, 1.82) is 0 Å². The Morgan fingerprint density at radius 3 is 2.70 bits per heavy atom. The number of fused-ring (bicyclic) bond motifs is 3. The Hall–Kier alpha value is -1.46. The summed E-state index contributed by atoms with van der Waals surface area (Å²) in [6, 6.07) is 7.63. The predicted molar refractivity (Wildman–Crippen MR) is 88.9 cm³/mol. The molecule has 0 aromatic heterocycles. The lowest BCUT2D eigenvalue weighted by Crippen LogP contribution is -2.48. The Morgan fingerprint density at radius 1 is 1.22 bits per heavy atom. The van der Waals surface area contributed by atoms with Gasteiger partial charge in [-0.15, -0.1) is 12.4 Å². The van der Waals surface area contributed by atoms with E-state index in [2.05, 4.69) is 5.32 Å². The molecule has 1 heterocycles. The maximum atomic E-state index is 12.4. The first-order valence-electron chi connectivity index (χ1n) is 8.14. The van der Waals surface area contributed by atoms with Gasteiger partial charge in [0.2, 0.25) is 5.91 Å². The first-order valence-corrected chi connectivity index (χ1v) is 8.14. The summed E-state index contributed by atoms with van der Waals surface area (Å²) in [7, 11) is 0. The zero-order valence-electron chi connectivity index (χ0n) is 12.9. The van der Waals surface area contributed by atoms with Crippen LogP contribution in [0.1, 0.15) is 19.3 Å². The van der Waals surface area contributed by atoms with E-state index in [4.69, 9.17) is 15.2 Å². The summed E-state index contributed by atoms with van der Waals surface area (Å²) in [4.78, 5) is 12.4. The fraction of sp³-hybridized carbons (Fsp3) is 0.588. The number of hydrogen-bond acceptors (Lipinski definition) is 4. The Labute approximate surface area is 142 Å². The Bertz CT molecular complexity index is 581. The molecule has 5 unspecified atom stereocenters. The van der Waals surface area contributed by atoms with E-state index in [1.54, 1.807) is 0 Å². The van der Waals surface area contributed by atoms with Gasteiger partial charge in [-0.2, -0.15) is 0 Å². The van der Waals surface area contributed by atoms with Gasteiger partial charge in [0, 0.05) is 6.04 Å². The number of ether oxygens (including phenoxy) is 2. The predicted octanol–water partition coefficient (Wildman–Crippen LogP) is 1.74. The average molecular weight is 339 g/mol. The molecule has 5 atom stereocenters. The number of nitrogens with two attached hydrogens (primary N) is 1. The molecule has 23 heavy (non-hydrogen) atoms. The van der Waals surface area contributed by atoms with E-state index in [0.29, 0.717) is 25.0 Å². The molecule has 3 N–H and O–H groups in total. The van der Waals surface area contributed by atoms with Gasteiger partial charge in [0.1, 0.15) is 12.7 Å². The molecular weight excluding hydrogens is 316 g/mol. The van der Waals surface area contributed by atoms with Crippen LogP contribution in [-0.2, 0) is 4.79 Å². The lowest BCUT2D eigenvalue weighted by molar-refractivity contribution is -0.127. The first kappa shape index (κ1) is 16.4. The van der Waals surface area contributed by atoms with Crippen molar-refractivity contribution in [2.45, 2.75) is 31.4 Å². The van der Waals surface area contributed by atoms with Gasteiger partial charge in [-0.3, -0.25) is 4.79 Å². The maximum Gasteiger partial charge on any atom is 0.225 e. The monoisotopic (exact) mass is 338 g/mol. The van der Waals surface area contributed by atoms with E-state index in [9.17, 15) is 4.79 Å². The van der Waals surface area contributed by atoms with Crippen LogP contribution in [0, 0.1) is 17.8 Å². The molecule has 1 aromatic carbocycles. The molecule has 0 radical (unpaired) electrons. The fourth-order valence-electron chi connectivity index (χ4n) is 4.22. The largest absolute Gasteiger partial charge is 0.486 e. The molecule has 2 aliphatic carbocycles. The minimum absolute atomic E-state index is 0. The number of carbonyl (C=O) groups excluding carboxylic acids is 1. The number of benzene rings is 1. The van der Waals surface area contributed by atoms with Crippen LogP contribution in [0.5, 0.6) is 11.5 Å². The van der Waals surface area contributed by atoms with Gasteiger partial charge in [0.15, 0.2) is 11.5 Å². The Balaban J connectivity index is 0.00000156. The normalized spacial score (nSPS) is 33.9.